The third-order valence-corrected chi connectivity index (χ3v) is 4.07. The minimum absolute atomic E-state index is 0.104. The highest BCUT2D eigenvalue weighted by atomic mass is 127. The van der Waals surface area contributed by atoms with Gasteiger partial charge in [0, 0.05) is 0 Å². The van der Waals surface area contributed by atoms with Gasteiger partial charge in [0.2, 0.25) is 0 Å². The summed E-state index contributed by atoms with van der Waals surface area (Å²) in [5.41, 5.74) is 5.21. The highest BCUT2D eigenvalue weighted by molar-refractivity contribution is 14.1. The molecule has 0 aromatic carbocycles. The zero-order chi connectivity index (χ0) is 15.3. The Morgan fingerprint density at radius 2 is 2.14 bits per heavy atom. The number of fused-ring (bicyclic) bond motifs is 1. The molecule has 4 atom stereocenters. The second-order valence-corrected chi connectivity index (χ2v) is 5.64. The summed E-state index contributed by atoms with van der Waals surface area (Å²) in [6.45, 7) is -0.457. The second kappa shape index (κ2) is 5.17. The van der Waals surface area contributed by atoms with Crippen LogP contribution in [0.2, 0.25) is 0 Å². The third-order valence-electron chi connectivity index (χ3n) is 3.32. The van der Waals surface area contributed by atoms with E-state index < -0.39 is 36.8 Å². The lowest BCUT2D eigenvalue weighted by Crippen LogP contribution is -2.33. The van der Waals surface area contributed by atoms with Gasteiger partial charge in [0.1, 0.15) is 27.8 Å². The molecule has 2 aromatic rings. The van der Waals surface area contributed by atoms with Crippen LogP contribution >= 0.6 is 22.6 Å². The Hall–Kier alpha value is -1.28. The van der Waals surface area contributed by atoms with Gasteiger partial charge in [0.25, 0.3) is 0 Å². The number of aliphatic hydroxyl groups is 3. The van der Waals surface area contributed by atoms with Crippen LogP contribution in [0.3, 0.4) is 0 Å². The molecule has 1 aliphatic rings. The van der Waals surface area contributed by atoms with E-state index in [0.717, 1.165) is 0 Å². The zero-order valence-corrected chi connectivity index (χ0v) is 12.6. The molecule has 3 rings (SSSR count). The summed E-state index contributed by atoms with van der Waals surface area (Å²) in [5, 5.41) is 33.5. The van der Waals surface area contributed by atoms with E-state index >= 15 is 0 Å². The van der Waals surface area contributed by atoms with Crippen LogP contribution in [-0.4, -0.2) is 60.0 Å². The van der Waals surface area contributed by atoms with Crippen molar-refractivity contribution < 1.29 is 20.1 Å². The first-order chi connectivity index (χ1) is 9.93. The van der Waals surface area contributed by atoms with E-state index in [9.17, 15) is 15.0 Å². The van der Waals surface area contributed by atoms with E-state index in [1.54, 1.807) is 0 Å². The Labute approximate surface area is 130 Å². The van der Waals surface area contributed by atoms with Crippen molar-refractivity contribution in [1.82, 2.24) is 19.7 Å². The summed E-state index contributed by atoms with van der Waals surface area (Å²) < 4.78 is 7.02. The fraction of sp³-hybridized carbons (Fsp3) is 0.500. The number of aliphatic hydroxyl groups excluding tert-OH is 3. The smallest absolute Gasteiger partial charge is 0.348 e. The Kier molecular flexibility index (Phi) is 3.61. The Morgan fingerprint density at radius 1 is 1.43 bits per heavy atom. The summed E-state index contributed by atoms with van der Waals surface area (Å²) in [7, 11) is 0. The molecular formula is C10H12IN5O5. The highest BCUT2D eigenvalue weighted by Crippen LogP contribution is 2.32. The lowest BCUT2D eigenvalue weighted by Gasteiger charge is -2.15. The highest BCUT2D eigenvalue weighted by Gasteiger charge is 2.44. The van der Waals surface area contributed by atoms with Gasteiger partial charge >= 0.3 is 5.69 Å². The van der Waals surface area contributed by atoms with Crippen molar-refractivity contribution in [3.63, 3.8) is 0 Å². The van der Waals surface area contributed by atoms with Crippen molar-refractivity contribution in [1.29, 1.82) is 0 Å². The van der Waals surface area contributed by atoms with Crippen molar-refractivity contribution in [3.8, 4) is 0 Å². The van der Waals surface area contributed by atoms with Gasteiger partial charge in [-0.25, -0.2) is 9.48 Å². The van der Waals surface area contributed by atoms with Crippen LogP contribution in [0.1, 0.15) is 6.23 Å². The maximum absolute atomic E-state index is 11.5. The van der Waals surface area contributed by atoms with E-state index in [2.05, 4.69) is 15.1 Å². The maximum atomic E-state index is 11.5. The summed E-state index contributed by atoms with van der Waals surface area (Å²) in [5.74, 6) is 0.104. The lowest BCUT2D eigenvalue weighted by molar-refractivity contribution is -0.0568. The van der Waals surface area contributed by atoms with E-state index in [4.69, 9.17) is 15.6 Å². The van der Waals surface area contributed by atoms with Gasteiger partial charge in [-0.05, 0) is 22.6 Å². The van der Waals surface area contributed by atoms with Crippen molar-refractivity contribution in [2.45, 2.75) is 24.5 Å². The quantitative estimate of drug-likeness (QED) is 0.354. The Bertz CT molecular complexity index is 745. The second-order valence-electron chi connectivity index (χ2n) is 4.62. The molecule has 21 heavy (non-hydrogen) atoms. The van der Waals surface area contributed by atoms with Gasteiger partial charge in [0.05, 0.1) is 12.0 Å². The maximum Gasteiger partial charge on any atom is 0.348 e. The summed E-state index contributed by atoms with van der Waals surface area (Å²) in [4.78, 5) is 17.6. The standard InChI is InChI=1S/C10H12IN5O5/c11-6-3-7(12)13-10(20)14-8(3)16(15-6)9-5(19)4(18)2(1-17)21-9/h2,4-5,9,17-19H,1H2,(H3,12,13,14,20)/t2-,4-,5-,9-/m1/s1. The zero-order valence-electron chi connectivity index (χ0n) is 10.5. The van der Waals surface area contributed by atoms with Crippen LogP contribution in [0.25, 0.3) is 11.0 Å². The van der Waals surface area contributed by atoms with Gasteiger partial charge < -0.3 is 25.8 Å². The molecule has 114 valence electrons. The van der Waals surface area contributed by atoms with E-state index in [1.165, 1.54) is 4.68 Å². The van der Waals surface area contributed by atoms with Crippen molar-refractivity contribution in [2.24, 2.45) is 0 Å². The van der Waals surface area contributed by atoms with Gasteiger partial charge in [-0.3, -0.25) is 4.98 Å². The number of hydrogen-bond donors (Lipinski definition) is 5. The van der Waals surface area contributed by atoms with E-state index in [-0.39, 0.29) is 11.5 Å². The minimum Gasteiger partial charge on any atom is -0.394 e. The molecule has 2 aromatic heterocycles. The molecule has 0 bridgehead atoms. The molecule has 1 aliphatic heterocycles. The largest absolute Gasteiger partial charge is 0.394 e. The number of ether oxygens (including phenoxy) is 1. The minimum atomic E-state index is -1.32. The number of rotatable bonds is 2. The number of nitrogens with one attached hydrogen (secondary N) is 1. The first kappa shape index (κ1) is 14.6. The van der Waals surface area contributed by atoms with Crippen molar-refractivity contribution in [2.75, 3.05) is 12.3 Å². The van der Waals surface area contributed by atoms with Gasteiger partial charge in [-0.2, -0.15) is 10.1 Å². The molecule has 0 amide bonds. The molecule has 0 saturated carbocycles. The average Bonchev–Trinajstić information content (AvgIpc) is 2.89. The van der Waals surface area contributed by atoms with Gasteiger partial charge in [-0.1, -0.05) is 0 Å². The summed E-state index contributed by atoms with van der Waals surface area (Å²) in [6.07, 6.45) is -4.60. The number of nitrogen functional groups attached to an aromatic ring is 1. The molecule has 6 N–H and O–H groups in total. The van der Waals surface area contributed by atoms with Crippen LogP contribution in [0.15, 0.2) is 4.79 Å². The monoisotopic (exact) mass is 409 g/mol. The average molecular weight is 409 g/mol. The molecule has 1 fully saturated rings. The van der Waals surface area contributed by atoms with Crippen LogP contribution in [0.5, 0.6) is 0 Å². The van der Waals surface area contributed by atoms with E-state index in [0.29, 0.717) is 9.09 Å². The van der Waals surface area contributed by atoms with Crippen LogP contribution < -0.4 is 11.4 Å². The number of hydrogen-bond acceptors (Lipinski definition) is 8. The number of nitrogens with zero attached hydrogens (tertiary/aromatic N) is 3. The summed E-state index contributed by atoms with van der Waals surface area (Å²) >= 11 is 1.91. The van der Waals surface area contributed by atoms with Crippen molar-refractivity contribution >= 4 is 39.4 Å². The predicted molar refractivity (Wildman–Crippen MR) is 78.3 cm³/mol. The van der Waals surface area contributed by atoms with Crippen LogP contribution in [-0.2, 0) is 4.74 Å². The first-order valence-corrected chi connectivity index (χ1v) is 7.08. The molecule has 0 unspecified atom stereocenters. The van der Waals surface area contributed by atoms with Gasteiger partial charge in [-0.15, -0.1) is 0 Å². The molecule has 1 saturated heterocycles. The predicted octanol–water partition coefficient (Wildman–Crippen LogP) is -2.08. The fourth-order valence-electron chi connectivity index (χ4n) is 2.30. The fourth-order valence-corrected chi connectivity index (χ4v) is 3.06. The molecule has 11 heteroatoms. The summed E-state index contributed by atoms with van der Waals surface area (Å²) in [6, 6.07) is 0. The van der Waals surface area contributed by atoms with Crippen LogP contribution in [0.4, 0.5) is 5.82 Å². The molecular weight excluding hydrogens is 397 g/mol. The number of anilines is 1. The molecule has 10 nitrogen and oxygen atoms in total. The normalized spacial score (nSPS) is 29.3. The number of H-pyrrole nitrogens is 1. The molecule has 3 heterocycles. The first-order valence-electron chi connectivity index (χ1n) is 6.00. The van der Waals surface area contributed by atoms with Crippen molar-refractivity contribution in [3.05, 3.63) is 14.2 Å². The van der Waals surface area contributed by atoms with Gasteiger partial charge in [0.15, 0.2) is 11.9 Å². The molecule has 0 aliphatic carbocycles. The molecule has 0 radical (unpaired) electrons. The molecule has 0 spiro atoms. The third kappa shape index (κ3) is 2.20. The topological polar surface area (TPSA) is 160 Å². The number of aromatic nitrogens is 4. The number of nitrogens with two attached hydrogens (primary N) is 1. The Morgan fingerprint density at radius 3 is 2.76 bits per heavy atom. The van der Waals surface area contributed by atoms with Crippen LogP contribution in [0, 0.1) is 3.70 Å². The van der Waals surface area contributed by atoms with E-state index in [1.807, 2.05) is 22.6 Å². The Balaban J connectivity index is 2.16. The number of halogens is 1. The lowest BCUT2D eigenvalue weighted by atomic mass is 10.1. The number of aromatic amines is 1. The SMILES string of the molecule is Nc1[nH]c(=O)nc2c1c(I)nn2[C@@H]1O[C@H](CO)[C@@H](O)[C@H]1O.